The summed E-state index contributed by atoms with van der Waals surface area (Å²) in [5.74, 6) is 7.99. The van der Waals surface area contributed by atoms with E-state index in [0.29, 0.717) is 22.7 Å². The highest BCUT2D eigenvalue weighted by molar-refractivity contribution is 7.98. The maximum Gasteiger partial charge on any atom is 0.216 e. The average Bonchev–Trinajstić information content (AvgIpc) is 2.85. The lowest BCUT2D eigenvalue weighted by atomic mass is 10.3. The van der Waals surface area contributed by atoms with E-state index in [-0.39, 0.29) is 6.04 Å². The van der Waals surface area contributed by atoms with Gasteiger partial charge in [0.05, 0.1) is 6.20 Å². The van der Waals surface area contributed by atoms with E-state index in [2.05, 4.69) is 25.7 Å². The summed E-state index contributed by atoms with van der Waals surface area (Å²) in [5, 5.41) is 3.84. The quantitative estimate of drug-likeness (QED) is 0.330. The number of hydrogen-bond acceptors (Lipinski definition) is 8. The van der Waals surface area contributed by atoms with E-state index in [9.17, 15) is 0 Å². The van der Waals surface area contributed by atoms with E-state index < -0.39 is 0 Å². The molecule has 0 aliphatic heterocycles. The number of oxazole rings is 1. The zero-order valence-electron chi connectivity index (χ0n) is 11.0. The minimum atomic E-state index is -0.0936. The highest BCUT2D eigenvalue weighted by atomic mass is 32.2. The van der Waals surface area contributed by atoms with Crippen LogP contribution in [0.25, 0.3) is 0 Å². The first-order valence-corrected chi connectivity index (χ1v) is 6.93. The molecule has 8 heteroatoms. The Hall–Kier alpha value is -1.80. The molecule has 2 rings (SSSR count). The molecular formula is C11H16N6OS. The largest absolute Gasteiger partial charge is 0.444 e. The second-order valence-corrected chi connectivity index (χ2v) is 4.72. The van der Waals surface area contributed by atoms with Gasteiger partial charge in [0.1, 0.15) is 23.4 Å². The highest BCUT2D eigenvalue weighted by Gasteiger charge is 2.13. The molecule has 2 aromatic heterocycles. The Labute approximate surface area is 115 Å². The Kier molecular flexibility index (Phi) is 4.23. The lowest BCUT2D eigenvalue weighted by Gasteiger charge is -2.12. The SMILES string of the molecule is CSc1nc(NN)cc(NC(C)c2ncc(C)o2)n1. The highest BCUT2D eigenvalue weighted by Crippen LogP contribution is 2.21. The molecule has 0 fully saturated rings. The van der Waals surface area contributed by atoms with Crippen LogP contribution >= 0.6 is 11.8 Å². The van der Waals surface area contributed by atoms with Gasteiger partial charge in [-0.2, -0.15) is 0 Å². The van der Waals surface area contributed by atoms with Crippen LogP contribution in [0.1, 0.15) is 24.6 Å². The minimum absolute atomic E-state index is 0.0936. The Balaban J connectivity index is 2.18. The minimum Gasteiger partial charge on any atom is -0.444 e. The molecule has 1 unspecified atom stereocenters. The molecule has 2 aromatic rings. The molecule has 19 heavy (non-hydrogen) atoms. The summed E-state index contributed by atoms with van der Waals surface area (Å²) in [7, 11) is 0. The molecule has 0 spiro atoms. The van der Waals surface area contributed by atoms with Crippen molar-refractivity contribution in [2.45, 2.75) is 25.0 Å². The molecule has 1 atom stereocenters. The van der Waals surface area contributed by atoms with Crippen molar-refractivity contribution in [3.05, 3.63) is 23.9 Å². The van der Waals surface area contributed by atoms with E-state index in [4.69, 9.17) is 10.3 Å². The summed E-state index contributed by atoms with van der Waals surface area (Å²) in [5.41, 5.74) is 2.52. The van der Waals surface area contributed by atoms with Crippen LogP contribution in [-0.4, -0.2) is 21.2 Å². The molecule has 2 heterocycles. The molecule has 0 saturated heterocycles. The van der Waals surface area contributed by atoms with Crippen LogP contribution in [0.4, 0.5) is 11.6 Å². The maximum atomic E-state index is 5.47. The number of nitrogens with two attached hydrogens (primary N) is 1. The third kappa shape index (κ3) is 3.36. The topological polar surface area (TPSA) is 102 Å². The number of hydrogen-bond donors (Lipinski definition) is 3. The fourth-order valence-electron chi connectivity index (χ4n) is 1.52. The van der Waals surface area contributed by atoms with E-state index in [1.54, 1.807) is 12.3 Å². The van der Waals surface area contributed by atoms with Crippen LogP contribution in [0.5, 0.6) is 0 Å². The van der Waals surface area contributed by atoms with Gasteiger partial charge in [0.15, 0.2) is 5.16 Å². The van der Waals surface area contributed by atoms with Crippen LogP contribution in [0.15, 0.2) is 21.8 Å². The van der Waals surface area contributed by atoms with E-state index >= 15 is 0 Å². The van der Waals surface area contributed by atoms with Crippen molar-refractivity contribution in [2.75, 3.05) is 17.0 Å². The molecule has 0 aromatic carbocycles. The molecule has 102 valence electrons. The Bertz CT molecular complexity index is 536. The van der Waals surface area contributed by atoms with Gasteiger partial charge in [-0.15, -0.1) is 0 Å². The first kappa shape index (κ1) is 13.6. The summed E-state index contributed by atoms with van der Waals surface area (Å²) >= 11 is 1.44. The van der Waals surface area contributed by atoms with Crippen LogP contribution in [0.2, 0.25) is 0 Å². The number of aryl methyl sites for hydroxylation is 1. The standard InChI is InChI=1S/C11H16N6OS/c1-6-5-13-10(18-6)7(2)14-8-4-9(17-12)16-11(15-8)19-3/h4-5,7H,12H2,1-3H3,(H2,14,15,16,17). The van der Waals surface area contributed by atoms with Crippen molar-refractivity contribution in [3.8, 4) is 0 Å². The first-order chi connectivity index (χ1) is 9.12. The number of nitrogen functional groups attached to an aromatic ring is 1. The molecule has 4 N–H and O–H groups in total. The molecular weight excluding hydrogens is 264 g/mol. The maximum absolute atomic E-state index is 5.47. The summed E-state index contributed by atoms with van der Waals surface area (Å²) < 4.78 is 5.47. The third-order valence-electron chi connectivity index (χ3n) is 2.41. The summed E-state index contributed by atoms with van der Waals surface area (Å²) in [4.78, 5) is 12.7. The van der Waals surface area contributed by atoms with Gasteiger partial charge in [0, 0.05) is 6.07 Å². The van der Waals surface area contributed by atoms with Crippen molar-refractivity contribution in [2.24, 2.45) is 5.84 Å². The summed E-state index contributed by atoms with van der Waals surface area (Å²) in [6.07, 6.45) is 3.59. The number of nitrogens with zero attached hydrogens (tertiary/aromatic N) is 3. The predicted octanol–water partition coefficient (Wildman–Crippen LogP) is 1.95. The van der Waals surface area contributed by atoms with Gasteiger partial charge in [-0.1, -0.05) is 11.8 Å². The second-order valence-electron chi connectivity index (χ2n) is 3.94. The van der Waals surface area contributed by atoms with Crippen LogP contribution in [0.3, 0.4) is 0 Å². The summed E-state index contributed by atoms with van der Waals surface area (Å²) in [6, 6.07) is 1.63. The smallest absolute Gasteiger partial charge is 0.216 e. The van der Waals surface area contributed by atoms with Gasteiger partial charge >= 0.3 is 0 Å². The van der Waals surface area contributed by atoms with Crippen molar-refractivity contribution < 1.29 is 4.42 Å². The number of rotatable bonds is 5. The second kappa shape index (κ2) is 5.89. The molecule has 0 aliphatic rings. The van der Waals surface area contributed by atoms with Gasteiger partial charge in [-0.05, 0) is 20.1 Å². The van der Waals surface area contributed by atoms with Gasteiger partial charge in [-0.25, -0.2) is 20.8 Å². The van der Waals surface area contributed by atoms with Crippen LogP contribution in [-0.2, 0) is 0 Å². The Morgan fingerprint density at radius 2 is 2.11 bits per heavy atom. The third-order valence-corrected chi connectivity index (χ3v) is 2.96. The van der Waals surface area contributed by atoms with E-state index in [0.717, 1.165) is 5.76 Å². The normalized spacial score (nSPS) is 12.2. The van der Waals surface area contributed by atoms with Crippen molar-refractivity contribution in [3.63, 3.8) is 0 Å². The molecule has 0 amide bonds. The van der Waals surface area contributed by atoms with Gasteiger partial charge in [-0.3, -0.25) is 0 Å². The molecule has 0 aliphatic carbocycles. The molecule has 7 nitrogen and oxygen atoms in total. The average molecular weight is 280 g/mol. The first-order valence-electron chi connectivity index (χ1n) is 5.71. The van der Waals surface area contributed by atoms with Gasteiger partial charge in [0.25, 0.3) is 0 Å². The van der Waals surface area contributed by atoms with E-state index in [1.807, 2.05) is 20.1 Å². The molecule has 0 bridgehead atoms. The van der Waals surface area contributed by atoms with Crippen molar-refractivity contribution >= 4 is 23.4 Å². The lowest BCUT2D eigenvalue weighted by Crippen LogP contribution is -2.13. The van der Waals surface area contributed by atoms with Crippen molar-refractivity contribution in [1.82, 2.24) is 15.0 Å². The molecule has 0 saturated carbocycles. The summed E-state index contributed by atoms with van der Waals surface area (Å²) in [6.45, 7) is 3.80. The number of nitrogens with one attached hydrogen (secondary N) is 2. The fourth-order valence-corrected chi connectivity index (χ4v) is 1.90. The molecule has 0 radical (unpaired) electrons. The number of thioether (sulfide) groups is 1. The monoisotopic (exact) mass is 280 g/mol. The van der Waals surface area contributed by atoms with Crippen LogP contribution in [0, 0.1) is 6.92 Å². The zero-order valence-corrected chi connectivity index (χ0v) is 11.8. The number of anilines is 2. The van der Waals surface area contributed by atoms with Gasteiger partial charge < -0.3 is 15.2 Å². The zero-order chi connectivity index (χ0) is 13.8. The number of hydrazine groups is 1. The van der Waals surface area contributed by atoms with Crippen molar-refractivity contribution in [1.29, 1.82) is 0 Å². The van der Waals surface area contributed by atoms with Crippen LogP contribution < -0.4 is 16.6 Å². The lowest BCUT2D eigenvalue weighted by molar-refractivity contribution is 0.453. The Morgan fingerprint density at radius 3 is 2.68 bits per heavy atom. The predicted molar refractivity (Wildman–Crippen MR) is 74.9 cm³/mol. The fraction of sp³-hybridized carbons (Fsp3) is 0.364. The number of aromatic nitrogens is 3. The van der Waals surface area contributed by atoms with Gasteiger partial charge in [0.2, 0.25) is 5.89 Å². The van der Waals surface area contributed by atoms with E-state index in [1.165, 1.54) is 11.8 Å². The Morgan fingerprint density at radius 1 is 1.37 bits per heavy atom.